The van der Waals surface area contributed by atoms with E-state index in [2.05, 4.69) is 134 Å². The molecular weight excluding hydrogens is 953 g/mol. The summed E-state index contributed by atoms with van der Waals surface area (Å²) in [6, 6.07) is 21.9. The van der Waals surface area contributed by atoms with E-state index in [1.165, 1.54) is 47.8 Å². The number of fused-ring (bicyclic) bond motifs is 2. The fourth-order valence-corrected chi connectivity index (χ4v) is 13.8. The normalized spacial score (nSPS) is 26.4. The van der Waals surface area contributed by atoms with E-state index in [0.717, 1.165) is 153 Å². The van der Waals surface area contributed by atoms with Crippen molar-refractivity contribution in [2.75, 3.05) is 112 Å². The molecule has 4 atom stereocenters. The first kappa shape index (κ1) is 51.1. The van der Waals surface area contributed by atoms with E-state index in [0.29, 0.717) is 41.6 Å². The third kappa shape index (κ3) is 11.2. The Labute approximate surface area is 448 Å². The molecule has 6 fully saturated rings. The number of anilines is 4. The van der Waals surface area contributed by atoms with Gasteiger partial charge < -0.3 is 49.6 Å². The van der Waals surface area contributed by atoms with Gasteiger partial charge in [0.25, 0.3) is 0 Å². The molecule has 0 bridgehead atoms. The zero-order valence-electron chi connectivity index (χ0n) is 44.8. The number of aromatic nitrogens is 6. The average molecular weight is 1030 g/mol. The van der Waals surface area contributed by atoms with Crippen molar-refractivity contribution in [2.45, 2.75) is 114 Å². The van der Waals surface area contributed by atoms with Crippen LogP contribution in [0.1, 0.15) is 78.1 Å². The van der Waals surface area contributed by atoms with Gasteiger partial charge in [-0.1, -0.05) is 12.1 Å². The van der Waals surface area contributed by atoms with E-state index in [1.807, 2.05) is 24.5 Å². The molecule has 4 saturated heterocycles. The Kier molecular flexibility index (Phi) is 15.3. The van der Waals surface area contributed by atoms with Crippen molar-refractivity contribution >= 4 is 50.9 Å². The van der Waals surface area contributed by atoms with E-state index in [4.69, 9.17) is 9.97 Å². The van der Waals surface area contributed by atoms with Crippen molar-refractivity contribution in [1.82, 2.24) is 48.7 Å². The maximum atomic E-state index is 14.2. The lowest BCUT2D eigenvalue weighted by Crippen LogP contribution is -2.57. The number of rotatable bonds is 16. The predicted octanol–water partition coefficient (Wildman–Crippen LogP) is 6.52. The summed E-state index contributed by atoms with van der Waals surface area (Å²) in [5, 5.41) is 29.6. The molecule has 4 N–H and O–H groups in total. The Hall–Kier alpha value is -5.69. The van der Waals surface area contributed by atoms with Crippen LogP contribution in [0.5, 0.6) is 0 Å². The zero-order chi connectivity index (χ0) is 51.7. The van der Waals surface area contributed by atoms with Crippen LogP contribution in [0.25, 0.3) is 33.4 Å². The van der Waals surface area contributed by atoms with Crippen molar-refractivity contribution in [2.24, 2.45) is 11.8 Å². The maximum absolute atomic E-state index is 14.2. The van der Waals surface area contributed by atoms with Gasteiger partial charge in [-0.05, 0) is 138 Å². The van der Waals surface area contributed by atoms with E-state index in [-0.39, 0.29) is 24.3 Å². The van der Waals surface area contributed by atoms with Crippen LogP contribution in [-0.2, 0) is 4.79 Å². The Bertz CT molecular complexity index is 2720. The standard InChI is InChI=1S/C59H80N14O3/c1-41(68-29-33-70(34-30-68)51-5-3-7-53-49(51)21-27-72(53)55-17-23-60-58(64-55)62-45-13-9-43(10-14-45)37-66-25-19-47(74)39-66)57(76)42(2)69-31-35-71(36-32-69)52-6-4-8-54-50(52)22-28-73(54)56-18-24-61-59(65-56)63-46-15-11-44(12-16-46)38-67-26-20-48(75)40-67/h3-8,17-18,21-24,27-28,41-48,74-75H,9-16,19-20,25-26,29-40H2,1-2H3,(H,60,62,64)(H,61,63,65)/t41?,42?,43?,44?,45?,46?,47-,48-/m1/s1. The van der Waals surface area contributed by atoms with Gasteiger partial charge >= 0.3 is 0 Å². The summed E-state index contributed by atoms with van der Waals surface area (Å²) in [6.07, 6.45) is 18.7. The lowest BCUT2D eigenvalue weighted by molar-refractivity contribution is -0.128. The number of hydrogen-bond acceptors (Lipinski definition) is 15. The number of Topliss-reactive ketones (excluding diaryl/α,β-unsaturated/α-hetero) is 1. The zero-order valence-corrected chi connectivity index (χ0v) is 44.8. The average Bonchev–Trinajstić information content (AvgIpc) is 4.31. The number of piperazine rings is 2. The van der Waals surface area contributed by atoms with Crippen LogP contribution >= 0.6 is 0 Å². The number of benzene rings is 2. The topological polar surface area (TPSA) is 162 Å². The molecule has 17 nitrogen and oxygen atoms in total. The van der Waals surface area contributed by atoms with Crippen LogP contribution in [0.4, 0.5) is 23.3 Å². The summed E-state index contributed by atoms with van der Waals surface area (Å²) < 4.78 is 4.35. The molecule has 6 aromatic rings. The quantitative estimate of drug-likeness (QED) is 0.0829. The number of hydrogen-bond donors (Lipinski definition) is 4. The molecule has 4 aromatic heterocycles. The van der Waals surface area contributed by atoms with E-state index in [9.17, 15) is 15.0 Å². The third-order valence-corrected chi connectivity index (χ3v) is 18.3. The van der Waals surface area contributed by atoms with Crippen LogP contribution in [0.3, 0.4) is 0 Å². The number of β-amino-alcohol motifs (C(OH)–C–C–N with tert-alkyl or cyclic N) is 2. The molecule has 12 rings (SSSR count). The maximum Gasteiger partial charge on any atom is 0.224 e. The van der Waals surface area contributed by atoms with E-state index < -0.39 is 0 Å². The van der Waals surface area contributed by atoms with Gasteiger partial charge in [-0.2, -0.15) is 9.97 Å². The number of likely N-dealkylation sites (tertiary alicyclic amines) is 2. The lowest BCUT2D eigenvalue weighted by Gasteiger charge is -2.42. The summed E-state index contributed by atoms with van der Waals surface area (Å²) in [6.45, 7) is 16.9. The Balaban J connectivity index is 0.613. The van der Waals surface area contributed by atoms with Crippen LogP contribution in [0.2, 0.25) is 0 Å². The van der Waals surface area contributed by atoms with Gasteiger partial charge in [0.1, 0.15) is 11.6 Å². The minimum absolute atomic E-state index is 0.152. The summed E-state index contributed by atoms with van der Waals surface area (Å²) in [7, 11) is 0. The van der Waals surface area contributed by atoms with Gasteiger partial charge in [-0.3, -0.25) is 14.6 Å². The third-order valence-electron chi connectivity index (χ3n) is 18.3. The van der Waals surface area contributed by atoms with Crippen molar-refractivity contribution in [3.05, 3.63) is 85.5 Å². The first-order valence-corrected chi connectivity index (χ1v) is 28.9. The van der Waals surface area contributed by atoms with Gasteiger partial charge in [-0.25, -0.2) is 9.97 Å². The second-order valence-electron chi connectivity index (χ2n) is 23.2. The number of nitrogens with one attached hydrogen (secondary N) is 2. The summed E-state index contributed by atoms with van der Waals surface area (Å²) >= 11 is 0. The molecule has 0 spiro atoms. The minimum atomic E-state index is -0.158. The molecule has 17 heteroatoms. The second kappa shape index (κ2) is 22.7. The molecule has 404 valence electrons. The highest BCUT2D eigenvalue weighted by molar-refractivity contribution is 5.95. The lowest BCUT2D eigenvalue weighted by atomic mass is 9.86. The first-order valence-electron chi connectivity index (χ1n) is 28.9. The van der Waals surface area contributed by atoms with Crippen molar-refractivity contribution < 1.29 is 15.0 Å². The summed E-state index contributed by atoms with van der Waals surface area (Å²) in [5.74, 6) is 4.77. The molecule has 0 radical (unpaired) electrons. The molecule has 0 amide bonds. The number of carbonyl (C=O) groups is 1. The number of aliphatic hydroxyl groups is 2. The van der Waals surface area contributed by atoms with Crippen molar-refractivity contribution in [3.63, 3.8) is 0 Å². The largest absolute Gasteiger partial charge is 0.392 e. The Morgan fingerprint density at radius 3 is 1.36 bits per heavy atom. The Morgan fingerprint density at radius 2 is 0.961 bits per heavy atom. The van der Waals surface area contributed by atoms with Gasteiger partial charge in [0.2, 0.25) is 11.9 Å². The molecule has 76 heavy (non-hydrogen) atoms. The summed E-state index contributed by atoms with van der Waals surface area (Å²) in [4.78, 5) is 48.1. The smallest absolute Gasteiger partial charge is 0.224 e. The van der Waals surface area contributed by atoms with Gasteiger partial charge in [0, 0.05) is 151 Å². The highest BCUT2D eigenvalue weighted by Gasteiger charge is 2.34. The SMILES string of the molecule is CC(C(=O)C(C)N1CCN(c2cccc3c2ccn3-c2ccnc(NC3CCC(CN4CC[C@@H](O)C4)CC3)n2)CC1)N1CCN(c2cccc3c2ccn3-c2ccnc(NC3CCC(CN4CC[C@@H](O)C4)CC3)n2)CC1. The Morgan fingerprint density at radius 1 is 0.539 bits per heavy atom. The molecule has 2 unspecified atom stereocenters. The number of nitrogens with zero attached hydrogens (tertiary/aromatic N) is 12. The van der Waals surface area contributed by atoms with Crippen LogP contribution < -0.4 is 20.4 Å². The minimum Gasteiger partial charge on any atom is -0.392 e. The van der Waals surface area contributed by atoms with Crippen molar-refractivity contribution in [3.8, 4) is 11.6 Å². The molecule has 2 aliphatic carbocycles. The highest BCUT2D eigenvalue weighted by atomic mass is 16.3. The molecule has 4 aliphatic heterocycles. The number of carbonyl (C=O) groups excluding carboxylic acids is 1. The van der Waals surface area contributed by atoms with E-state index in [1.54, 1.807) is 0 Å². The van der Waals surface area contributed by atoms with Crippen LogP contribution in [0, 0.1) is 11.8 Å². The molecule has 2 saturated carbocycles. The van der Waals surface area contributed by atoms with Gasteiger partial charge in [-0.15, -0.1) is 0 Å². The molecular formula is C59H80N14O3. The van der Waals surface area contributed by atoms with Gasteiger partial charge in [0.15, 0.2) is 5.78 Å². The molecule has 8 heterocycles. The second-order valence-corrected chi connectivity index (χ2v) is 23.2. The molecule has 2 aromatic carbocycles. The van der Waals surface area contributed by atoms with Crippen molar-refractivity contribution in [1.29, 1.82) is 0 Å². The van der Waals surface area contributed by atoms with E-state index >= 15 is 0 Å². The number of aliphatic hydroxyl groups excluding tert-OH is 2. The first-order chi connectivity index (χ1) is 37.1. The van der Waals surface area contributed by atoms with Gasteiger partial charge in [0.05, 0.1) is 35.3 Å². The van der Waals surface area contributed by atoms with Crippen LogP contribution in [0.15, 0.2) is 85.5 Å². The van der Waals surface area contributed by atoms with Crippen LogP contribution in [-0.4, -0.2) is 193 Å². The predicted molar refractivity (Wildman–Crippen MR) is 302 cm³/mol. The monoisotopic (exact) mass is 1030 g/mol. The number of ketones is 1. The fraction of sp³-hybridized carbons (Fsp3) is 0.576. The summed E-state index contributed by atoms with van der Waals surface area (Å²) in [5.41, 5.74) is 4.68. The molecule has 6 aliphatic rings. The fourth-order valence-electron chi connectivity index (χ4n) is 13.8. The highest BCUT2D eigenvalue weighted by Crippen LogP contribution is 2.34.